The number of ether oxygens (including phenoxy) is 1. The number of anilines is 1. The second kappa shape index (κ2) is 11.7. The van der Waals surface area contributed by atoms with Gasteiger partial charge in [-0.1, -0.05) is 11.6 Å². The molecule has 200 valence electrons. The molecule has 2 N–H and O–H groups in total. The quantitative estimate of drug-likeness (QED) is 0.258. The number of thioether (sulfide) groups is 1. The number of benzene rings is 2. The average molecular weight is 572 g/mol. The Morgan fingerprint density at radius 1 is 1.19 bits per heavy atom. The highest BCUT2D eigenvalue weighted by atomic mass is 35.5. The first kappa shape index (κ1) is 27.0. The molecule has 2 aliphatic heterocycles. The van der Waals surface area contributed by atoms with Gasteiger partial charge in [0.1, 0.15) is 23.9 Å². The van der Waals surface area contributed by atoms with E-state index in [9.17, 15) is 13.6 Å². The number of likely N-dealkylation sites (tertiary alicyclic amines) is 1. The Hall–Kier alpha value is -1.59. The second-order valence-electron chi connectivity index (χ2n) is 10.1. The smallest absolute Gasteiger partial charge is 0.259 e. The lowest BCUT2D eigenvalue weighted by Gasteiger charge is -2.35. The Bertz CT molecular complexity index is 1090. The van der Waals surface area contributed by atoms with Gasteiger partial charge in [-0.15, -0.1) is 11.8 Å². The number of amides is 1. The summed E-state index contributed by atoms with van der Waals surface area (Å²) >= 11 is 9.00. The maximum absolute atomic E-state index is 15.1. The van der Waals surface area contributed by atoms with Gasteiger partial charge in [0.2, 0.25) is 0 Å². The van der Waals surface area contributed by atoms with Gasteiger partial charge in [-0.25, -0.2) is 13.2 Å². The molecule has 1 saturated carbocycles. The zero-order chi connectivity index (χ0) is 26.0. The summed E-state index contributed by atoms with van der Waals surface area (Å²) in [6.45, 7) is 2.13. The summed E-state index contributed by atoms with van der Waals surface area (Å²) in [4.78, 5) is 15.8. The van der Waals surface area contributed by atoms with E-state index < -0.39 is 18.1 Å². The van der Waals surface area contributed by atoms with E-state index in [1.54, 1.807) is 18.2 Å². The summed E-state index contributed by atoms with van der Waals surface area (Å²) in [6, 6.07) is 9.01. The van der Waals surface area contributed by atoms with Crippen LogP contribution in [-0.4, -0.2) is 61.1 Å². The third kappa shape index (κ3) is 7.09. The van der Waals surface area contributed by atoms with Crippen LogP contribution in [0.15, 0.2) is 46.2 Å². The molecule has 3 aliphatic rings. The highest BCUT2D eigenvalue weighted by molar-refractivity contribution is 7.99. The van der Waals surface area contributed by atoms with Crippen molar-refractivity contribution in [3.63, 3.8) is 0 Å². The van der Waals surface area contributed by atoms with Crippen LogP contribution in [0.2, 0.25) is 5.02 Å². The van der Waals surface area contributed by atoms with Gasteiger partial charge in [0.05, 0.1) is 17.3 Å². The SMILES string of the molecule is O=C(NSc1cc(F)c(NC(CCN2CC(F)C2)CSc2ccc(F)cc2)c(Cl)c1)C1CC2(CC2)CO1. The Morgan fingerprint density at radius 3 is 2.59 bits per heavy atom. The monoisotopic (exact) mass is 571 g/mol. The topological polar surface area (TPSA) is 53.6 Å². The van der Waals surface area contributed by atoms with Gasteiger partial charge < -0.3 is 10.1 Å². The Labute approximate surface area is 228 Å². The first-order valence-electron chi connectivity index (χ1n) is 12.4. The highest BCUT2D eigenvalue weighted by Crippen LogP contribution is 2.53. The van der Waals surface area contributed by atoms with E-state index in [1.807, 2.05) is 4.90 Å². The molecule has 5 rings (SSSR count). The van der Waals surface area contributed by atoms with Gasteiger partial charge in [-0.3, -0.25) is 14.4 Å². The van der Waals surface area contributed by atoms with Crippen molar-refractivity contribution in [2.75, 3.05) is 37.3 Å². The molecule has 2 aromatic carbocycles. The number of halogens is 4. The fourth-order valence-corrected chi connectivity index (χ4v) is 6.55. The van der Waals surface area contributed by atoms with Crippen LogP contribution in [0, 0.1) is 17.0 Å². The van der Waals surface area contributed by atoms with Crippen molar-refractivity contribution >= 4 is 46.9 Å². The molecule has 2 aromatic rings. The molecular weight excluding hydrogens is 543 g/mol. The van der Waals surface area contributed by atoms with E-state index in [1.165, 1.54) is 30.0 Å². The first-order valence-corrected chi connectivity index (χ1v) is 14.6. The summed E-state index contributed by atoms with van der Waals surface area (Å²) in [6.07, 6.45) is 2.36. The van der Waals surface area contributed by atoms with Crippen LogP contribution in [-0.2, 0) is 9.53 Å². The Balaban J connectivity index is 1.19. The number of rotatable bonds is 11. The zero-order valence-corrected chi connectivity index (χ0v) is 22.5. The molecule has 2 heterocycles. The Morgan fingerprint density at radius 2 is 1.95 bits per heavy atom. The lowest BCUT2D eigenvalue weighted by atomic mass is 10.0. The fraction of sp³-hybridized carbons (Fsp3) is 0.500. The molecule has 5 nitrogen and oxygen atoms in total. The first-order chi connectivity index (χ1) is 17.8. The standard InChI is InChI=1S/C26H29ClF3N3O2S2/c27-21-9-20(37-32-25(34)23-11-26(6-7-26)15-35-23)10-22(30)24(21)31-18(5-8-33-12-17(29)13-33)14-36-19-3-1-16(28)2-4-19/h1-4,9-10,17-18,23,31H,5-8,11-15H2,(H,32,34). The molecule has 2 atom stereocenters. The number of carbonyl (C=O) groups excluding carboxylic acids is 1. The van der Waals surface area contributed by atoms with Crippen LogP contribution in [0.4, 0.5) is 18.9 Å². The molecule has 1 spiro atoms. The van der Waals surface area contributed by atoms with Gasteiger partial charge in [0.25, 0.3) is 5.91 Å². The molecular formula is C26H29ClF3N3O2S2. The summed E-state index contributed by atoms with van der Waals surface area (Å²) in [5, 5.41) is 3.43. The summed E-state index contributed by atoms with van der Waals surface area (Å²) in [5.74, 6) is -0.457. The molecule has 37 heavy (non-hydrogen) atoms. The minimum atomic E-state index is -0.785. The zero-order valence-electron chi connectivity index (χ0n) is 20.2. The van der Waals surface area contributed by atoms with Crippen LogP contribution in [0.3, 0.4) is 0 Å². The second-order valence-corrected chi connectivity index (χ2v) is 12.5. The van der Waals surface area contributed by atoms with Crippen molar-refractivity contribution in [3.05, 3.63) is 53.1 Å². The number of carbonyl (C=O) groups is 1. The minimum absolute atomic E-state index is 0.159. The third-order valence-electron chi connectivity index (χ3n) is 7.06. The van der Waals surface area contributed by atoms with Crippen LogP contribution in [0.1, 0.15) is 25.7 Å². The molecule has 11 heteroatoms. The predicted octanol–water partition coefficient (Wildman–Crippen LogP) is 5.93. The molecule has 1 amide bonds. The predicted molar refractivity (Wildman–Crippen MR) is 142 cm³/mol. The number of hydrogen-bond donors (Lipinski definition) is 2. The van der Waals surface area contributed by atoms with Gasteiger partial charge >= 0.3 is 0 Å². The van der Waals surface area contributed by atoms with Crippen molar-refractivity contribution in [3.8, 4) is 0 Å². The molecule has 0 bridgehead atoms. The molecule has 3 fully saturated rings. The molecule has 2 saturated heterocycles. The van der Waals surface area contributed by atoms with Crippen molar-refractivity contribution in [1.82, 2.24) is 9.62 Å². The Kier molecular flexibility index (Phi) is 8.50. The van der Waals surface area contributed by atoms with E-state index in [2.05, 4.69) is 10.0 Å². The average Bonchev–Trinajstić information content (AvgIpc) is 3.48. The maximum Gasteiger partial charge on any atom is 0.259 e. The highest BCUT2D eigenvalue weighted by Gasteiger charge is 2.51. The van der Waals surface area contributed by atoms with E-state index in [4.69, 9.17) is 16.3 Å². The van der Waals surface area contributed by atoms with Crippen LogP contribution < -0.4 is 10.0 Å². The van der Waals surface area contributed by atoms with E-state index in [0.717, 1.165) is 36.1 Å². The van der Waals surface area contributed by atoms with E-state index in [-0.39, 0.29) is 33.9 Å². The van der Waals surface area contributed by atoms with Crippen molar-refractivity contribution in [1.29, 1.82) is 0 Å². The summed E-state index contributed by atoms with van der Waals surface area (Å²) < 4.78 is 50.0. The van der Waals surface area contributed by atoms with Gasteiger partial charge in [0, 0.05) is 41.2 Å². The van der Waals surface area contributed by atoms with Crippen molar-refractivity contribution in [2.24, 2.45) is 5.41 Å². The third-order valence-corrected chi connectivity index (χ3v) is 9.31. The van der Waals surface area contributed by atoms with E-state index in [0.29, 0.717) is 43.3 Å². The van der Waals surface area contributed by atoms with Crippen LogP contribution in [0.5, 0.6) is 0 Å². The largest absolute Gasteiger partial charge is 0.378 e. The maximum atomic E-state index is 15.1. The normalized spacial score (nSPS) is 21.6. The van der Waals surface area contributed by atoms with Gasteiger partial charge in [-0.2, -0.15) is 0 Å². The molecule has 1 aliphatic carbocycles. The number of nitrogens with one attached hydrogen (secondary N) is 2. The summed E-state index contributed by atoms with van der Waals surface area (Å²) in [7, 11) is 0. The van der Waals surface area contributed by atoms with Crippen molar-refractivity contribution in [2.45, 2.75) is 53.8 Å². The minimum Gasteiger partial charge on any atom is -0.378 e. The van der Waals surface area contributed by atoms with Gasteiger partial charge in [0.15, 0.2) is 0 Å². The van der Waals surface area contributed by atoms with E-state index >= 15 is 4.39 Å². The van der Waals surface area contributed by atoms with Gasteiger partial charge in [-0.05, 0) is 79.4 Å². The van der Waals surface area contributed by atoms with Crippen LogP contribution >= 0.6 is 35.3 Å². The lowest BCUT2D eigenvalue weighted by Crippen LogP contribution is -2.49. The molecule has 0 aromatic heterocycles. The fourth-order valence-electron chi connectivity index (χ4n) is 4.56. The van der Waals surface area contributed by atoms with Crippen LogP contribution in [0.25, 0.3) is 0 Å². The number of alkyl halides is 1. The van der Waals surface area contributed by atoms with Crippen molar-refractivity contribution < 1.29 is 22.7 Å². The summed E-state index contributed by atoms with van der Waals surface area (Å²) in [5.41, 5.74) is 0.383. The number of hydrogen-bond acceptors (Lipinski definition) is 6. The number of nitrogens with zero attached hydrogens (tertiary/aromatic N) is 1. The molecule has 0 radical (unpaired) electrons. The molecule has 2 unspecified atom stereocenters. The lowest BCUT2D eigenvalue weighted by molar-refractivity contribution is -0.127.